The molecule has 1 fully saturated rings. The summed E-state index contributed by atoms with van der Waals surface area (Å²) in [7, 11) is 2.02. The molecule has 0 bridgehead atoms. The zero-order valence-corrected chi connectivity index (χ0v) is 20.5. The summed E-state index contributed by atoms with van der Waals surface area (Å²) in [6.45, 7) is 7.41. The van der Waals surface area contributed by atoms with Crippen molar-refractivity contribution in [2.24, 2.45) is 5.92 Å². The Hall–Kier alpha value is -2.87. The first-order chi connectivity index (χ1) is 15.6. The van der Waals surface area contributed by atoms with Crippen LogP contribution in [0.4, 0.5) is 16.3 Å². The molecular formula is C24H32ClN5O3. The van der Waals surface area contributed by atoms with Crippen molar-refractivity contribution < 1.29 is 14.3 Å². The molecular weight excluding hydrogens is 442 g/mol. The Balaban J connectivity index is 1.61. The van der Waals surface area contributed by atoms with Gasteiger partial charge in [0, 0.05) is 32.9 Å². The Bertz CT molecular complexity index is 943. The van der Waals surface area contributed by atoms with E-state index in [0.717, 1.165) is 25.2 Å². The molecule has 33 heavy (non-hydrogen) atoms. The number of amides is 2. The monoisotopic (exact) mass is 473 g/mol. The van der Waals surface area contributed by atoms with Gasteiger partial charge in [0.1, 0.15) is 24.3 Å². The molecule has 0 spiro atoms. The third kappa shape index (κ3) is 7.05. The van der Waals surface area contributed by atoms with E-state index < -0.39 is 11.7 Å². The van der Waals surface area contributed by atoms with E-state index in [-0.39, 0.29) is 12.5 Å². The van der Waals surface area contributed by atoms with Gasteiger partial charge in [0.2, 0.25) is 5.91 Å². The first kappa shape index (κ1) is 24.8. The molecule has 0 atom stereocenters. The van der Waals surface area contributed by atoms with Crippen LogP contribution in [-0.2, 0) is 9.53 Å². The maximum atomic E-state index is 13.1. The minimum absolute atomic E-state index is 0.121. The molecule has 0 unspecified atom stereocenters. The van der Waals surface area contributed by atoms with Crippen LogP contribution in [0.2, 0.25) is 5.02 Å². The van der Waals surface area contributed by atoms with Gasteiger partial charge >= 0.3 is 6.09 Å². The van der Waals surface area contributed by atoms with Gasteiger partial charge in [-0.2, -0.15) is 0 Å². The molecule has 1 saturated heterocycles. The maximum absolute atomic E-state index is 13.1. The van der Waals surface area contributed by atoms with Crippen LogP contribution in [0.5, 0.6) is 0 Å². The average Bonchev–Trinajstić information content (AvgIpc) is 2.78. The highest BCUT2D eigenvalue weighted by Gasteiger charge is 2.30. The zero-order valence-electron chi connectivity index (χ0n) is 19.7. The molecule has 9 heteroatoms. The number of carbonyl (C=O) groups is 2. The lowest BCUT2D eigenvalue weighted by Crippen LogP contribution is -2.48. The highest BCUT2D eigenvalue weighted by Crippen LogP contribution is 2.27. The number of hydrogen-bond acceptors (Lipinski definition) is 6. The van der Waals surface area contributed by atoms with Gasteiger partial charge in [-0.25, -0.2) is 14.8 Å². The van der Waals surface area contributed by atoms with Crippen LogP contribution in [0, 0.1) is 5.92 Å². The molecule has 0 N–H and O–H groups in total. The molecule has 3 rings (SSSR count). The van der Waals surface area contributed by atoms with Crippen LogP contribution in [-0.4, -0.2) is 65.7 Å². The molecule has 1 aromatic carbocycles. The number of halogens is 1. The van der Waals surface area contributed by atoms with E-state index in [4.69, 9.17) is 16.3 Å². The fraction of sp³-hybridized carbons (Fsp3) is 0.500. The number of para-hydroxylation sites is 1. The van der Waals surface area contributed by atoms with Gasteiger partial charge in [0.05, 0.1) is 10.7 Å². The molecule has 0 radical (unpaired) electrons. The third-order valence-electron chi connectivity index (χ3n) is 5.51. The van der Waals surface area contributed by atoms with Crippen molar-refractivity contribution in [1.29, 1.82) is 0 Å². The standard InChI is InChI=1S/C24H32ClN5O3/c1-24(2,3)33-23(32)30(20-8-6-5-7-19(20)25)16-22(31)29-13-10-18(11-14-29)15-28(4)21-9-12-26-17-27-21/h5-9,12,17-18H,10-11,13-16H2,1-4H3. The highest BCUT2D eigenvalue weighted by atomic mass is 35.5. The van der Waals surface area contributed by atoms with Crippen LogP contribution in [0.15, 0.2) is 42.9 Å². The number of rotatable bonds is 6. The number of nitrogens with zero attached hydrogens (tertiary/aromatic N) is 5. The highest BCUT2D eigenvalue weighted by molar-refractivity contribution is 6.33. The number of likely N-dealkylation sites (tertiary alicyclic amines) is 1. The summed E-state index contributed by atoms with van der Waals surface area (Å²) in [4.78, 5) is 39.5. The van der Waals surface area contributed by atoms with Gasteiger partial charge < -0.3 is 14.5 Å². The number of ether oxygens (including phenoxy) is 1. The van der Waals surface area contributed by atoms with Crippen LogP contribution >= 0.6 is 11.6 Å². The second-order valence-electron chi connectivity index (χ2n) is 9.29. The number of carbonyl (C=O) groups excluding carboxylic acids is 2. The van der Waals surface area contributed by atoms with E-state index in [1.807, 2.05) is 18.0 Å². The molecule has 2 amide bonds. The largest absolute Gasteiger partial charge is 0.443 e. The summed E-state index contributed by atoms with van der Waals surface area (Å²) in [5.41, 5.74) is -0.226. The fourth-order valence-electron chi connectivity index (χ4n) is 3.83. The molecule has 1 aromatic heterocycles. The Morgan fingerprint density at radius 2 is 1.88 bits per heavy atom. The molecule has 1 aliphatic heterocycles. The number of anilines is 2. The van der Waals surface area contributed by atoms with Crippen LogP contribution in [0.25, 0.3) is 0 Å². The fourth-order valence-corrected chi connectivity index (χ4v) is 4.06. The van der Waals surface area contributed by atoms with Gasteiger partial charge in [-0.1, -0.05) is 23.7 Å². The lowest BCUT2D eigenvalue weighted by molar-refractivity contribution is -0.131. The van der Waals surface area contributed by atoms with Gasteiger partial charge in [-0.05, 0) is 57.7 Å². The number of aromatic nitrogens is 2. The normalized spacial score (nSPS) is 14.6. The lowest BCUT2D eigenvalue weighted by Gasteiger charge is -2.35. The second kappa shape index (κ2) is 10.8. The van der Waals surface area contributed by atoms with E-state index in [1.165, 1.54) is 4.90 Å². The van der Waals surface area contributed by atoms with Crippen molar-refractivity contribution in [2.75, 3.05) is 43.0 Å². The van der Waals surface area contributed by atoms with Gasteiger partial charge in [0.15, 0.2) is 0 Å². The topological polar surface area (TPSA) is 78.9 Å². The Kier molecular flexibility index (Phi) is 8.13. The summed E-state index contributed by atoms with van der Waals surface area (Å²) in [5.74, 6) is 1.22. The summed E-state index contributed by atoms with van der Waals surface area (Å²) in [6.07, 6.45) is 4.46. The van der Waals surface area contributed by atoms with Gasteiger partial charge in [0.25, 0.3) is 0 Å². The van der Waals surface area contributed by atoms with Crippen molar-refractivity contribution >= 4 is 35.1 Å². The first-order valence-corrected chi connectivity index (χ1v) is 11.5. The molecule has 2 aromatic rings. The number of benzene rings is 1. The van der Waals surface area contributed by atoms with Crippen molar-refractivity contribution in [3.63, 3.8) is 0 Å². The molecule has 2 heterocycles. The van der Waals surface area contributed by atoms with Crippen molar-refractivity contribution in [1.82, 2.24) is 14.9 Å². The predicted molar refractivity (Wildman–Crippen MR) is 130 cm³/mol. The minimum atomic E-state index is -0.687. The quantitative estimate of drug-likeness (QED) is 0.624. The van der Waals surface area contributed by atoms with Crippen molar-refractivity contribution in [3.8, 4) is 0 Å². The molecule has 8 nitrogen and oxygen atoms in total. The van der Waals surface area contributed by atoms with Crippen LogP contribution in [0.1, 0.15) is 33.6 Å². The number of hydrogen-bond donors (Lipinski definition) is 0. The minimum Gasteiger partial charge on any atom is -0.443 e. The summed E-state index contributed by atoms with van der Waals surface area (Å²) in [5, 5.41) is 0.391. The Morgan fingerprint density at radius 3 is 2.48 bits per heavy atom. The van der Waals surface area contributed by atoms with Crippen LogP contribution in [0.3, 0.4) is 0 Å². The molecule has 178 valence electrons. The van der Waals surface area contributed by atoms with Gasteiger partial charge in [-0.3, -0.25) is 9.69 Å². The average molecular weight is 474 g/mol. The summed E-state index contributed by atoms with van der Waals surface area (Å²) >= 11 is 6.33. The third-order valence-corrected chi connectivity index (χ3v) is 5.83. The smallest absolute Gasteiger partial charge is 0.415 e. The lowest BCUT2D eigenvalue weighted by atomic mass is 9.96. The summed E-state index contributed by atoms with van der Waals surface area (Å²) < 4.78 is 5.54. The van der Waals surface area contributed by atoms with E-state index in [1.54, 1.807) is 57.6 Å². The first-order valence-electron chi connectivity index (χ1n) is 11.1. The maximum Gasteiger partial charge on any atom is 0.415 e. The zero-order chi connectivity index (χ0) is 24.0. The van der Waals surface area contributed by atoms with E-state index in [0.29, 0.717) is 29.7 Å². The summed E-state index contributed by atoms with van der Waals surface area (Å²) in [6, 6.07) is 8.86. The van der Waals surface area contributed by atoms with E-state index in [2.05, 4.69) is 14.9 Å². The molecule has 0 saturated carbocycles. The second-order valence-corrected chi connectivity index (χ2v) is 9.70. The SMILES string of the molecule is CN(CC1CCN(C(=O)CN(C(=O)OC(C)(C)C)c2ccccc2Cl)CC1)c1ccncn1. The molecule has 1 aliphatic rings. The van der Waals surface area contributed by atoms with Crippen LogP contribution < -0.4 is 9.80 Å². The number of piperidine rings is 1. The van der Waals surface area contributed by atoms with Gasteiger partial charge in [-0.15, -0.1) is 0 Å². The van der Waals surface area contributed by atoms with E-state index in [9.17, 15) is 9.59 Å². The predicted octanol–water partition coefficient (Wildman–Crippen LogP) is 4.25. The molecule has 0 aliphatic carbocycles. The van der Waals surface area contributed by atoms with Crippen molar-refractivity contribution in [2.45, 2.75) is 39.2 Å². The Labute approximate surface area is 200 Å². The van der Waals surface area contributed by atoms with E-state index >= 15 is 0 Å². The Morgan fingerprint density at radius 1 is 1.18 bits per heavy atom. The van der Waals surface area contributed by atoms with Crippen molar-refractivity contribution in [3.05, 3.63) is 47.9 Å².